The minimum atomic E-state index is -0.424. The van der Waals surface area contributed by atoms with E-state index >= 15 is 0 Å². The molecule has 1 atom stereocenters. The molecule has 18 heavy (non-hydrogen) atoms. The highest BCUT2D eigenvalue weighted by Gasteiger charge is 2.25. The monoisotopic (exact) mass is 250 g/mol. The fraction of sp³-hybridized carbons (Fsp3) is 0.500. The Bertz CT molecular complexity index is 461. The Hall–Kier alpha value is -1.82. The number of nitro groups is 1. The van der Waals surface area contributed by atoms with Crippen LogP contribution in [0, 0.1) is 10.1 Å². The molecule has 1 aliphatic rings. The van der Waals surface area contributed by atoms with E-state index in [0.717, 1.165) is 25.2 Å². The highest BCUT2D eigenvalue weighted by Crippen LogP contribution is 2.30. The van der Waals surface area contributed by atoms with E-state index in [1.54, 1.807) is 6.07 Å². The number of likely N-dealkylation sites (N-methyl/N-ethyl adjacent to an activating group) is 1. The molecule has 6 nitrogen and oxygen atoms in total. The number of nitrogens with two attached hydrogens (primary N) is 1. The van der Waals surface area contributed by atoms with E-state index in [0.29, 0.717) is 11.7 Å². The maximum atomic E-state index is 10.7. The molecule has 0 spiro atoms. The second-order valence-corrected chi connectivity index (χ2v) is 4.85. The third-order valence-corrected chi connectivity index (χ3v) is 3.46. The lowest BCUT2D eigenvalue weighted by Crippen LogP contribution is -2.31. The van der Waals surface area contributed by atoms with Crippen molar-refractivity contribution in [2.24, 2.45) is 0 Å². The first kappa shape index (κ1) is 12.6. The number of nitro benzene ring substituents is 1. The van der Waals surface area contributed by atoms with Crippen LogP contribution in [0.4, 0.5) is 17.1 Å². The normalized spacial score (nSPS) is 19.5. The quantitative estimate of drug-likeness (QED) is 0.497. The molecular formula is C12H18N4O2. The predicted octanol–water partition coefficient (Wildman–Crippen LogP) is 1.32. The molecule has 0 aliphatic carbocycles. The summed E-state index contributed by atoms with van der Waals surface area (Å²) >= 11 is 0. The molecule has 1 aromatic rings. The van der Waals surface area contributed by atoms with Gasteiger partial charge < -0.3 is 15.5 Å². The maximum Gasteiger partial charge on any atom is 0.271 e. The minimum Gasteiger partial charge on any atom is -0.397 e. The molecule has 1 aromatic carbocycles. The summed E-state index contributed by atoms with van der Waals surface area (Å²) in [5.74, 6) is 0. The molecule has 2 rings (SSSR count). The third-order valence-electron chi connectivity index (χ3n) is 3.46. The first-order valence-corrected chi connectivity index (χ1v) is 5.94. The average molecular weight is 250 g/mol. The van der Waals surface area contributed by atoms with Gasteiger partial charge in [0.25, 0.3) is 5.69 Å². The van der Waals surface area contributed by atoms with Crippen molar-refractivity contribution in [3.63, 3.8) is 0 Å². The van der Waals surface area contributed by atoms with Crippen molar-refractivity contribution >= 4 is 17.1 Å². The smallest absolute Gasteiger partial charge is 0.271 e. The van der Waals surface area contributed by atoms with E-state index in [1.165, 1.54) is 12.1 Å². The molecule has 0 saturated carbocycles. The fourth-order valence-electron chi connectivity index (χ4n) is 2.33. The molecule has 2 N–H and O–H groups in total. The molecule has 1 fully saturated rings. The van der Waals surface area contributed by atoms with Crippen LogP contribution >= 0.6 is 0 Å². The standard InChI is InChI=1S/C12H18N4O2/c1-14(2)10-5-6-15(8-10)12-4-3-9(16(17)18)7-11(12)13/h3-4,7,10H,5-6,8,13H2,1-2H3. The van der Waals surface area contributed by atoms with Crippen molar-refractivity contribution < 1.29 is 4.92 Å². The van der Waals surface area contributed by atoms with E-state index < -0.39 is 4.92 Å². The lowest BCUT2D eigenvalue weighted by Gasteiger charge is -2.22. The van der Waals surface area contributed by atoms with Crippen LogP contribution in [0.1, 0.15) is 6.42 Å². The van der Waals surface area contributed by atoms with Gasteiger partial charge in [0.1, 0.15) is 0 Å². The average Bonchev–Trinajstić information content (AvgIpc) is 2.78. The molecule has 1 aliphatic heterocycles. The summed E-state index contributed by atoms with van der Waals surface area (Å²) in [6.07, 6.45) is 1.09. The van der Waals surface area contributed by atoms with Crippen LogP contribution in [0.3, 0.4) is 0 Å². The molecule has 0 bridgehead atoms. The molecule has 0 amide bonds. The number of non-ortho nitro benzene ring substituents is 1. The Labute approximate surface area is 106 Å². The zero-order valence-corrected chi connectivity index (χ0v) is 10.7. The van der Waals surface area contributed by atoms with Gasteiger partial charge in [0.15, 0.2) is 0 Å². The molecule has 6 heteroatoms. The summed E-state index contributed by atoms with van der Waals surface area (Å²) in [4.78, 5) is 14.6. The Kier molecular flexibility index (Phi) is 3.38. The highest BCUT2D eigenvalue weighted by molar-refractivity contribution is 5.71. The number of rotatable bonds is 3. The van der Waals surface area contributed by atoms with E-state index in [-0.39, 0.29) is 5.69 Å². The first-order chi connectivity index (χ1) is 8.49. The number of hydrogen-bond donors (Lipinski definition) is 1. The van der Waals surface area contributed by atoms with Crippen LogP contribution < -0.4 is 10.6 Å². The lowest BCUT2D eigenvalue weighted by molar-refractivity contribution is -0.384. The van der Waals surface area contributed by atoms with Gasteiger partial charge >= 0.3 is 0 Å². The molecule has 1 heterocycles. The van der Waals surface area contributed by atoms with Crippen LogP contribution in [0.25, 0.3) is 0 Å². The predicted molar refractivity (Wildman–Crippen MR) is 71.8 cm³/mol. The number of hydrogen-bond acceptors (Lipinski definition) is 5. The largest absolute Gasteiger partial charge is 0.397 e. The van der Waals surface area contributed by atoms with Gasteiger partial charge in [-0.3, -0.25) is 10.1 Å². The summed E-state index contributed by atoms with van der Waals surface area (Å²) in [5.41, 5.74) is 7.31. The van der Waals surface area contributed by atoms with Gasteiger partial charge in [-0.2, -0.15) is 0 Å². The van der Waals surface area contributed by atoms with E-state index in [1.807, 2.05) is 0 Å². The number of anilines is 2. The summed E-state index contributed by atoms with van der Waals surface area (Å²) in [7, 11) is 4.13. The van der Waals surface area contributed by atoms with Gasteiger partial charge in [-0.05, 0) is 26.6 Å². The minimum absolute atomic E-state index is 0.0413. The van der Waals surface area contributed by atoms with Gasteiger partial charge in [0, 0.05) is 31.3 Å². The Morgan fingerprint density at radius 1 is 1.50 bits per heavy atom. The third kappa shape index (κ3) is 2.38. The number of nitrogen functional groups attached to an aromatic ring is 1. The molecule has 1 saturated heterocycles. The first-order valence-electron chi connectivity index (χ1n) is 5.94. The second-order valence-electron chi connectivity index (χ2n) is 4.85. The summed E-state index contributed by atoms with van der Waals surface area (Å²) < 4.78 is 0. The number of benzene rings is 1. The van der Waals surface area contributed by atoms with Gasteiger partial charge in [0.05, 0.1) is 16.3 Å². The van der Waals surface area contributed by atoms with Crippen molar-refractivity contribution in [2.45, 2.75) is 12.5 Å². The van der Waals surface area contributed by atoms with Crippen molar-refractivity contribution in [3.8, 4) is 0 Å². The van der Waals surface area contributed by atoms with Gasteiger partial charge in [-0.25, -0.2) is 0 Å². The molecule has 1 unspecified atom stereocenters. The van der Waals surface area contributed by atoms with E-state index in [2.05, 4.69) is 23.9 Å². The summed E-state index contributed by atoms with van der Waals surface area (Å²) in [6, 6.07) is 5.19. The van der Waals surface area contributed by atoms with E-state index in [9.17, 15) is 10.1 Å². The second kappa shape index (κ2) is 4.81. The zero-order chi connectivity index (χ0) is 13.3. The molecule has 98 valence electrons. The highest BCUT2D eigenvalue weighted by atomic mass is 16.6. The molecular weight excluding hydrogens is 232 g/mol. The Morgan fingerprint density at radius 3 is 2.72 bits per heavy atom. The van der Waals surface area contributed by atoms with Crippen molar-refractivity contribution in [2.75, 3.05) is 37.8 Å². The van der Waals surface area contributed by atoms with Crippen molar-refractivity contribution in [1.29, 1.82) is 0 Å². The maximum absolute atomic E-state index is 10.7. The van der Waals surface area contributed by atoms with Crippen LogP contribution in [-0.4, -0.2) is 43.0 Å². The van der Waals surface area contributed by atoms with Crippen LogP contribution in [0.2, 0.25) is 0 Å². The summed E-state index contributed by atoms with van der Waals surface area (Å²) in [5, 5.41) is 10.7. The van der Waals surface area contributed by atoms with Gasteiger partial charge in [-0.1, -0.05) is 0 Å². The SMILES string of the molecule is CN(C)C1CCN(c2ccc([N+](=O)[O-])cc2N)C1. The van der Waals surface area contributed by atoms with Crippen molar-refractivity contribution in [3.05, 3.63) is 28.3 Å². The van der Waals surface area contributed by atoms with Gasteiger partial charge in [-0.15, -0.1) is 0 Å². The van der Waals surface area contributed by atoms with Gasteiger partial charge in [0.2, 0.25) is 0 Å². The topological polar surface area (TPSA) is 75.6 Å². The lowest BCUT2D eigenvalue weighted by atomic mass is 10.2. The van der Waals surface area contributed by atoms with Crippen molar-refractivity contribution in [1.82, 2.24) is 4.90 Å². The Balaban J connectivity index is 2.18. The van der Waals surface area contributed by atoms with Crippen LogP contribution in [0.15, 0.2) is 18.2 Å². The van der Waals surface area contributed by atoms with E-state index in [4.69, 9.17) is 5.73 Å². The number of nitrogens with zero attached hydrogens (tertiary/aromatic N) is 3. The molecule has 0 aromatic heterocycles. The zero-order valence-electron chi connectivity index (χ0n) is 10.7. The molecule has 0 radical (unpaired) electrons. The van der Waals surface area contributed by atoms with Crippen LogP contribution in [0.5, 0.6) is 0 Å². The van der Waals surface area contributed by atoms with Crippen LogP contribution in [-0.2, 0) is 0 Å². The summed E-state index contributed by atoms with van der Waals surface area (Å²) in [6.45, 7) is 1.85. The fourth-order valence-corrected chi connectivity index (χ4v) is 2.33. The Morgan fingerprint density at radius 2 is 2.22 bits per heavy atom.